The van der Waals surface area contributed by atoms with Crippen molar-refractivity contribution in [2.24, 2.45) is 0 Å². The molecule has 0 atom stereocenters. The van der Waals surface area contributed by atoms with Crippen LogP contribution in [0.4, 0.5) is 0 Å². The molecule has 1 heterocycles. The van der Waals surface area contributed by atoms with Crippen LogP contribution < -0.4 is 10.1 Å². The van der Waals surface area contributed by atoms with Crippen molar-refractivity contribution in [3.8, 4) is 5.75 Å². The van der Waals surface area contributed by atoms with Gasteiger partial charge in [0.05, 0.1) is 19.9 Å². The Kier molecular flexibility index (Phi) is 7.86. The molecule has 1 aliphatic heterocycles. The summed E-state index contributed by atoms with van der Waals surface area (Å²) in [5, 5.41) is 11.9. The molecule has 1 aromatic rings. The zero-order chi connectivity index (χ0) is 16.3. The van der Waals surface area contributed by atoms with Crippen LogP contribution in [0.5, 0.6) is 5.75 Å². The zero-order valence-electron chi connectivity index (χ0n) is 13.6. The van der Waals surface area contributed by atoms with Crippen molar-refractivity contribution in [3.63, 3.8) is 0 Å². The lowest BCUT2D eigenvalue weighted by Crippen LogP contribution is -2.50. The molecule has 1 fully saturated rings. The summed E-state index contributed by atoms with van der Waals surface area (Å²) in [6.45, 7) is 5.85. The fraction of sp³-hybridized carbons (Fsp3) is 0.588. The van der Waals surface area contributed by atoms with E-state index in [1.54, 1.807) is 0 Å². The first-order valence-electron chi connectivity index (χ1n) is 8.28. The van der Waals surface area contributed by atoms with Crippen molar-refractivity contribution < 1.29 is 14.6 Å². The van der Waals surface area contributed by atoms with Gasteiger partial charge in [-0.2, -0.15) is 0 Å². The minimum Gasteiger partial charge on any atom is -0.494 e. The van der Waals surface area contributed by atoms with Crippen LogP contribution in [-0.2, 0) is 4.79 Å². The number of ether oxygens (including phenoxy) is 1. The number of nitrogens with zero attached hydrogens (tertiary/aromatic N) is 2. The van der Waals surface area contributed by atoms with E-state index in [9.17, 15) is 4.79 Å². The van der Waals surface area contributed by atoms with E-state index in [1.807, 2.05) is 30.3 Å². The highest BCUT2D eigenvalue weighted by molar-refractivity contribution is 5.75. The van der Waals surface area contributed by atoms with Gasteiger partial charge >= 0.3 is 0 Å². The van der Waals surface area contributed by atoms with Gasteiger partial charge in [-0.3, -0.25) is 14.6 Å². The minimum atomic E-state index is 0.0689. The van der Waals surface area contributed by atoms with Crippen LogP contribution in [0.1, 0.15) is 12.8 Å². The summed E-state index contributed by atoms with van der Waals surface area (Å²) < 4.78 is 5.57. The minimum absolute atomic E-state index is 0.0689. The SMILES string of the molecule is O=C(CCCOc1ccccc1)NCN1CCN(CCO)CC1. The summed E-state index contributed by atoms with van der Waals surface area (Å²) in [4.78, 5) is 16.3. The number of aliphatic hydroxyl groups is 1. The van der Waals surface area contributed by atoms with E-state index in [-0.39, 0.29) is 12.5 Å². The molecule has 23 heavy (non-hydrogen) atoms. The Bertz CT molecular complexity index is 448. The number of carbonyl (C=O) groups is 1. The predicted octanol–water partition coefficient (Wildman–Crippen LogP) is 0.529. The highest BCUT2D eigenvalue weighted by atomic mass is 16.5. The first kappa shape index (κ1) is 17.7. The average Bonchev–Trinajstić information content (AvgIpc) is 2.59. The van der Waals surface area contributed by atoms with Crippen molar-refractivity contribution in [1.82, 2.24) is 15.1 Å². The molecule has 1 aliphatic rings. The van der Waals surface area contributed by atoms with E-state index in [1.165, 1.54) is 0 Å². The molecule has 0 saturated carbocycles. The molecule has 2 N–H and O–H groups in total. The van der Waals surface area contributed by atoms with E-state index < -0.39 is 0 Å². The summed E-state index contributed by atoms with van der Waals surface area (Å²) in [6.07, 6.45) is 1.20. The molecule has 0 unspecified atom stereocenters. The molecular formula is C17H27N3O3. The number of hydrogen-bond acceptors (Lipinski definition) is 5. The van der Waals surface area contributed by atoms with Crippen LogP contribution in [0, 0.1) is 0 Å². The molecule has 6 nitrogen and oxygen atoms in total. The largest absolute Gasteiger partial charge is 0.494 e. The molecule has 6 heteroatoms. The summed E-state index contributed by atoms with van der Waals surface area (Å²) in [5.74, 6) is 0.910. The van der Waals surface area contributed by atoms with Gasteiger partial charge in [0.15, 0.2) is 0 Å². The Balaban J connectivity index is 1.50. The normalized spacial score (nSPS) is 16.2. The number of hydrogen-bond donors (Lipinski definition) is 2. The number of aliphatic hydroxyl groups excluding tert-OH is 1. The van der Waals surface area contributed by atoms with Crippen LogP contribution in [0.3, 0.4) is 0 Å². The predicted molar refractivity (Wildman–Crippen MR) is 89.3 cm³/mol. The van der Waals surface area contributed by atoms with Gasteiger partial charge in [-0.1, -0.05) is 18.2 Å². The van der Waals surface area contributed by atoms with Gasteiger partial charge in [0.25, 0.3) is 0 Å². The van der Waals surface area contributed by atoms with E-state index >= 15 is 0 Å². The highest BCUT2D eigenvalue weighted by Gasteiger charge is 2.16. The van der Waals surface area contributed by atoms with E-state index in [4.69, 9.17) is 9.84 Å². The topological polar surface area (TPSA) is 65.0 Å². The second-order valence-electron chi connectivity index (χ2n) is 5.71. The lowest BCUT2D eigenvalue weighted by Gasteiger charge is -2.34. The highest BCUT2D eigenvalue weighted by Crippen LogP contribution is 2.08. The van der Waals surface area contributed by atoms with Gasteiger partial charge < -0.3 is 15.2 Å². The molecule has 0 bridgehead atoms. The monoisotopic (exact) mass is 321 g/mol. The van der Waals surface area contributed by atoms with Crippen molar-refractivity contribution in [3.05, 3.63) is 30.3 Å². The number of nitrogens with one attached hydrogen (secondary N) is 1. The van der Waals surface area contributed by atoms with Crippen molar-refractivity contribution in [2.45, 2.75) is 12.8 Å². The number of piperazine rings is 1. The number of para-hydroxylation sites is 1. The maximum absolute atomic E-state index is 11.8. The number of carbonyl (C=O) groups excluding carboxylic acids is 1. The molecule has 0 spiro atoms. The first-order valence-corrected chi connectivity index (χ1v) is 8.28. The third-order valence-electron chi connectivity index (χ3n) is 3.94. The quantitative estimate of drug-likeness (QED) is 0.650. The molecule has 1 amide bonds. The standard InChI is InChI=1S/C17H27N3O3/c21-13-12-19-8-10-20(11-9-19)15-18-17(22)7-4-14-23-16-5-2-1-3-6-16/h1-3,5-6,21H,4,7-15H2,(H,18,22). The fourth-order valence-corrected chi connectivity index (χ4v) is 2.54. The maximum atomic E-state index is 11.8. The summed E-state index contributed by atoms with van der Waals surface area (Å²) in [5.41, 5.74) is 0. The first-order chi connectivity index (χ1) is 11.3. The smallest absolute Gasteiger partial charge is 0.221 e. The molecule has 0 aliphatic carbocycles. The van der Waals surface area contributed by atoms with Gasteiger partial charge in [-0.25, -0.2) is 0 Å². The van der Waals surface area contributed by atoms with E-state index in [2.05, 4.69) is 15.1 Å². The maximum Gasteiger partial charge on any atom is 0.221 e. The van der Waals surface area contributed by atoms with Crippen molar-refractivity contribution in [2.75, 3.05) is 52.6 Å². The molecule has 1 saturated heterocycles. The molecular weight excluding hydrogens is 294 g/mol. The Morgan fingerprint density at radius 1 is 1.13 bits per heavy atom. The number of rotatable bonds is 9. The molecule has 1 aromatic carbocycles. The third kappa shape index (κ3) is 6.99. The summed E-state index contributed by atoms with van der Waals surface area (Å²) >= 11 is 0. The number of β-amino-alcohol motifs (C(OH)–C–C–N with tert-alkyl or cyclic N) is 1. The average molecular weight is 321 g/mol. The van der Waals surface area contributed by atoms with Gasteiger partial charge in [-0.05, 0) is 18.6 Å². The van der Waals surface area contributed by atoms with Crippen LogP contribution in [0.25, 0.3) is 0 Å². The Hall–Kier alpha value is -1.63. The lowest BCUT2D eigenvalue weighted by molar-refractivity contribution is -0.122. The van der Waals surface area contributed by atoms with Gasteiger partial charge in [-0.15, -0.1) is 0 Å². The second-order valence-corrected chi connectivity index (χ2v) is 5.71. The number of benzene rings is 1. The Morgan fingerprint density at radius 3 is 2.52 bits per heavy atom. The van der Waals surface area contributed by atoms with Crippen LogP contribution >= 0.6 is 0 Å². The summed E-state index contributed by atoms with van der Waals surface area (Å²) in [7, 11) is 0. The van der Waals surface area contributed by atoms with E-state index in [0.29, 0.717) is 26.1 Å². The number of amides is 1. The van der Waals surface area contributed by atoms with E-state index in [0.717, 1.165) is 38.5 Å². The Labute approximate surface area is 138 Å². The zero-order valence-corrected chi connectivity index (χ0v) is 13.6. The second kappa shape index (κ2) is 10.2. The van der Waals surface area contributed by atoms with Crippen LogP contribution in [0.15, 0.2) is 30.3 Å². The molecule has 2 rings (SSSR count). The molecule has 128 valence electrons. The van der Waals surface area contributed by atoms with Gasteiger partial charge in [0, 0.05) is 39.1 Å². The molecule has 0 radical (unpaired) electrons. The van der Waals surface area contributed by atoms with Gasteiger partial charge in [0.1, 0.15) is 5.75 Å². The van der Waals surface area contributed by atoms with Crippen molar-refractivity contribution >= 4 is 5.91 Å². The van der Waals surface area contributed by atoms with Crippen LogP contribution in [-0.4, -0.2) is 73.4 Å². The van der Waals surface area contributed by atoms with Crippen LogP contribution in [0.2, 0.25) is 0 Å². The third-order valence-corrected chi connectivity index (χ3v) is 3.94. The summed E-state index contributed by atoms with van der Waals surface area (Å²) in [6, 6.07) is 9.64. The van der Waals surface area contributed by atoms with Gasteiger partial charge in [0.2, 0.25) is 5.91 Å². The lowest BCUT2D eigenvalue weighted by atomic mass is 10.3. The molecule has 0 aromatic heterocycles. The Morgan fingerprint density at radius 2 is 1.83 bits per heavy atom. The fourth-order valence-electron chi connectivity index (χ4n) is 2.54. The van der Waals surface area contributed by atoms with Crippen molar-refractivity contribution in [1.29, 1.82) is 0 Å².